The molecule has 0 saturated heterocycles. The van der Waals surface area contributed by atoms with Crippen molar-refractivity contribution in [2.24, 2.45) is 0 Å². The van der Waals surface area contributed by atoms with Crippen LogP contribution in [0.2, 0.25) is 0 Å². The van der Waals surface area contributed by atoms with E-state index in [0.717, 1.165) is 12.1 Å². The van der Waals surface area contributed by atoms with Gasteiger partial charge in [-0.1, -0.05) is 0 Å². The van der Waals surface area contributed by atoms with Gasteiger partial charge >= 0.3 is 5.69 Å². The summed E-state index contributed by atoms with van der Waals surface area (Å²) in [7, 11) is 0. The Morgan fingerprint density at radius 3 is 2.69 bits per heavy atom. The van der Waals surface area contributed by atoms with Crippen LogP contribution in [0.5, 0.6) is 0 Å². The van der Waals surface area contributed by atoms with Crippen molar-refractivity contribution in [2.75, 3.05) is 5.32 Å². The maximum atomic E-state index is 13.1. The van der Waals surface area contributed by atoms with Crippen LogP contribution in [0.4, 0.5) is 15.8 Å². The van der Waals surface area contributed by atoms with Gasteiger partial charge in [0.25, 0.3) is 0 Å². The molecule has 0 fully saturated rings. The molecule has 0 radical (unpaired) electrons. The number of alkyl halides is 1. The Morgan fingerprint density at radius 2 is 2.25 bits per heavy atom. The van der Waals surface area contributed by atoms with E-state index in [1.54, 1.807) is 0 Å². The van der Waals surface area contributed by atoms with Gasteiger partial charge < -0.3 is 5.32 Å². The van der Waals surface area contributed by atoms with E-state index in [2.05, 4.69) is 5.32 Å². The van der Waals surface area contributed by atoms with E-state index in [1.807, 2.05) is 0 Å². The Kier molecular flexibility index (Phi) is 3.78. The number of amides is 1. The van der Waals surface area contributed by atoms with Gasteiger partial charge in [0.1, 0.15) is 5.38 Å². The van der Waals surface area contributed by atoms with E-state index in [1.165, 1.54) is 13.0 Å². The van der Waals surface area contributed by atoms with Gasteiger partial charge in [-0.25, -0.2) is 0 Å². The third kappa shape index (κ3) is 2.90. The molecule has 0 aliphatic heterocycles. The molecule has 1 aromatic rings. The van der Waals surface area contributed by atoms with Gasteiger partial charge in [-0.15, -0.1) is 11.6 Å². The zero-order valence-electron chi connectivity index (χ0n) is 8.24. The van der Waals surface area contributed by atoms with Gasteiger partial charge in [0.15, 0.2) is 0 Å². The first-order valence-corrected chi connectivity index (χ1v) is 4.74. The molecule has 0 spiro atoms. The summed E-state index contributed by atoms with van der Waals surface area (Å²) in [4.78, 5) is 20.6. The SMILES string of the molecule is CC(Cl)C(=O)Nc1ccc([N+](=O)[O-])c(F)c1. The van der Waals surface area contributed by atoms with E-state index in [0.29, 0.717) is 0 Å². The Bertz CT molecular complexity index is 437. The van der Waals surface area contributed by atoms with E-state index >= 15 is 0 Å². The number of hydrogen-bond donors (Lipinski definition) is 1. The molecule has 1 rings (SSSR count). The number of carbonyl (C=O) groups is 1. The first kappa shape index (κ1) is 12.4. The third-order valence-corrected chi connectivity index (χ3v) is 1.97. The van der Waals surface area contributed by atoms with Crippen LogP contribution in [0.1, 0.15) is 6.92 Å². The largest absolute Gasteiger partial charge is 0.325 e. The highest BCUT2D eigenvalue weighted by Gasteiger charge is 2.15. The summed E-state index contributed by atoms with van der Waals surface area (Å²) in [5.41, 5.74) is -0.516. The van der Waals surface area contributed by atoms with Crippen molar-refractivity contribution in [3.05, 3.63) is 34.1 Å². The number of benzene rings is 1. The second-order valence-corrected chi connectivity index (χ2v) is 3.68. The van der Waals surface area contributed by atoms with Crippen LogP contribution >= 0.6 is 11.6 Å². The van der Waals surface area contributed by atoms with Gasteiger partial charge in [0, 0.05) is 17.8 Å². The molecule has 0 aromatic heterocycles. The summed E-state index contributed by atoms with van der Waals surface area (Å²) in [5, 5.41) is 11.9. The Labute approximate surface area is 95.4 Å². The summed E-state index contributed by atoms with van der Waals surface area (Å²) in [6.45, 7) is 1.46. The van der Waals surface area contributed by atoms with Crippen LogP contribution in [-0.2, 0) is 4.79 Å². The number of nitrogens with one attached hydrogen (secondary N) is 1. The minimum atomic E-state index is -1.01. The lowest BCUT2D eigenvalue weighted by Crippen LogP contribution is -2.20. The molecule has 1 amide bonds. The zero-order chi connectivity index (χ0) is 12.3. The van der Waals surface area contributed by atoms with E-state index in [4.69, 9.17) is 11.6 Å². The van der Waals surface area contributed by atoms with E-state index in [-0.39, 0.29) is 5.69 Å². The molecular formula is C9H8ClFN2O3. The monoisotopic (exact) mass is 246 g/mol. The highest BCUT2D eigenvalue weighted by atomic mass is 35.5. The van der Waals surface area contributed by atoms with Crippen molar-refractivity contribution in [3.8, 4) is 0 Å². The van der Waals surface area contributed by atoms with Crippen LogP contribution in [-0.4, -0.2) is 16.2 Å². The van der Waals surface area contributed by atoms with Crippen LogP contribution in [0.3, 0.4) is 0 Å². The summed E-state index contributed by atoms with van der Waals surface area (Å²) >= 11 is 5.49. The fourth-order valence-electron chi connectivity index (χ4n) is 0.974. The molecule has 1 atom stereocenters. The first-order valence-electron chi connectivity index (χ1n) is 4.30. The van der Waals surface area contributed by atoms with Crippen molar-refractivity contribution in [1.29, 1.82) is 0 Å². The predicted octanol–water partition coefficient (Wildman–Crippen LogP) is 2.30. The van der Waals surface area contributed by atoms with Gasteiger partial charge in [-0.2, -0.15) is 4.39 Å². The smallest absolute Gasteiger partial charge is 0.304 e. The molecule has 16 heavy (non-hydrogen) atoms. The Morgan fingerprint density at radius 1 is 1.62 bits per heavy atom. The fraction of sp³-hybridized carbons (Fsp3) is 0.222. The lowest BCUT2D eigenvalue weighted by molar-refractivity contribution is -0.387. The fourth-order valence-corrected chi connectivity index (χ4v) is 1.03. The average molecular weight is 247 g/mol. The summed E-state index contributed by atoms with van der Waals surface area (Å²) in [6.07, 6.45) is 0. The number of nitrogens with zero attached hydrogens (tertiary/aromatic N) is 1. The predicted molar refractivity (Wildman–Crippen MR) is 57.0 cm³/mol. The van der Waals surface area contributed by atoms with Gasteiger partial charge in [0.2, 0.25) is 11.7 Å². The van der Waals surface area contributed by atoms with Crippen LogP contribution in [0.25, 0.3) is 0 Å². The quantitative estimate of drug-likeness (QED) is 0.505. The van der Waals surface area contributed by atoms with Crippen molar-refractivity contribution < 1.29 is 14.1 Å². The summed E-state index contributed by atoms with van der Waals surface area (Å²) in [5.74, 6) is -1.51. The minimum absolute atomic E-state index is 0.126. The molecule has 1 aromatic carbocycles. The molecule has 0 heterocycles. The maximum Gasteiger partial charge on any atom is 0.304 e. The number of carbonyl (C=O) groups excluding carboxylic acids is 1. The highest BCUT2D eigenvalue weighted by molar-refractivity contribution is 6.32. The molecule has 7 heteroatoms. The molecular weight excluding hydrogens is 239 g/mol. The third-order valence-electron chi connectivity index (χ3n) is 1.77. The molecule has 5 nitrogen and oxygen atoms in total. The van der Waals surface area contributed by atoms with Crippen molar-refractivity contribution >= 4 is 28.9 Å². The second-order valence-electron chi connectivity index (χ2n) is 3.03. The molecule has 1 unspecified atom stereocenters. The molecule has 0 bridgehead atoms. The minimum Gasteiger partial charge on any atom is -0.325 e. The van der Waals surface area contributed by atoms with Crippen LogP contribution < -0.4 is 5.32 Å². The number of hydrogen-bond acceptors (Lipinski definition) is 3. The molecule has 86 valence electrons. The highest BCUT2D eigenvalue weighted by Crippen LogP contribution is 2.21. The first-order chi connectivity index (χ1) is 7.41. The second kappa shape index (κ2) is 4.89. The van der Waals surface area contributed by atoms with Crippen molar-refractivity contribution in [2.45, 2.75) is 12.3 Å². The van der Waals surface area contributed by atoms with Gasteiger partial charge in [0.05, 0.1) is 4.92 Å². The Hall–Kier alpha value is -1.69. The number of rotatable bonds is 3. The molecule has 1 N–H and O–H groups in total. The number of anilines is 1. The maximum absolute atomic E-state index is 13.1. The molecule has 0 aliphatic rings. The van der Waals surface area contributed by atoms with Gasteiger partial charge in [-0.05, 0) is 13.0 Å². The van der Waals surface area contributed by atoms with Crippen LogP contribution in [0, 0.1) is 15.9 Å². The number of nitro benzene ring substituents is 1. The summed E-state index contributed by atoms with van der Waals surface area (Å²) in [6, 6.07) is 3.08. The molecule has 0 aliphatic carbocycles. The van der Waals surface area contributed by atoms with Gasteiger partial charge in [-0.3, -0.25) is 14.9 Å². The van der Waals surface area contributed by atoms with E-state index in [9.17, 15) is 19.3 Å². The zero-order valence-corrected chi connectivity index (χ0v) is 8.99. The number of halogens is 2. The lowest BCUT2D eigenvalue weighted by atomic mass is 10.2. The normalized spacial score (nSPS) is 11.9. The topological polar surface area (TPSA) is 72.2 Å². The summed E-state index contributed by atoms with van der Waals surface area (Å²) < 4.78 is 13.1. The molecule has 0 saturated carbocycles. The lowest BCUT2D eigenvalue weighted by Gasteiger charge is -2.06. The Balaban J connectivity index is 2.90. The standard InChI is InChI=1S/C9H8ClFN2O3/c1-5(10)9(14)12-6-2-3-8(13(15)16)7(11)4-6/h2-5H,1H3,(H,12,14). The van der Waals surface area contributed by atoms with Crippen molar-refractivity contribution in [1.82, 2.24) is 0 Å². The van der Waals surface area contributed by atoms with Crippen LogP contribution in [0.15, 0.2) is 18.2 Å². The number of nitro groups is 1. The average Bonchev–Trinajstić information content (AvgIpc) is 2.16. The van der Waals surface area contributed by atoms with E-state index < -0.39 is 27.7 Å². The van der Waals surface area contributed by atoms with Crippen molar-refractivity contribution in [3.63, 3.8) is 0 Å².